The minimum atomic E-state index is -1.66. The van der Waals surface area contributed by atoms with Crippen LogP contribution in [0.2, 0.25) is 98.2 Å². The molecule has 1 aromatic carbocycles. The third kappa shape index (κ3) is 3.75. The molecule has 28 heavy (non-hydrogen) atoms. The summed E-state index contributed by atoms with van der Waals surface area (Å²) in [6.45, 7) is 40.7. The summed E-state index contributed by atoms with van der Waals surface area (Å²) in [6, 6.07) is 12.3. The van der Waals surface area contributed by atoms with Gasteiger partial charge in [0.1, 0.15) is 0 Å². The van der Waals surface area contributed by atoms with Crippen LogP contribution in [-0.2, 0) is 0 Å². The quantitative estimate of drug-likeness (QED) is 0.356. The van der Waals surface area contributed by atoms with Crippen LogP contribution in [0, 0.1) is 0 Å². The highest BCUT2D eigenvalue weighted by Gasteiger charge is 2.78. The van der Waals surface area contributed by atoms with Crippen LogP contribution < -0.4 is 5.19 Å². The van der Waals surface area contributed by atoms with Crippen molar-refractivity contribution < 1.29 is 0 Å². The molecule has 0 nitrogen and oxygen atoms in total. The molecule has 0 fully saturated rings. The highest BCUT2D eigenvalue weighted by molar-refractivity contribution is 8.21. The Labute approximate surface area is 183 Å². The van der Waals surface area contributed by atoms with E-state index in [1.165, 1.54) is 0 Å². The van der Waals surface area contributed by atoms with E-state index in [2.05, 4.69) is 129 Å². The Hall–Kier alpha value is 0.738. The molecule has 162 valence electrons. The van der Waals surface area contributed by atoms with E-state index < -0.39 is 50.7 Å². The van der Waals surface area contributed by atoms with E-state index in [0.717, 1.165) is 0 Å². The molecular formula is C21H50Si7. The third-order valence-electron chi connectivity index (χ3n) is 7.39. The zero-order chi connectivity index (χ0) is 22.6. The van der Waals surface area contributed by atoms with Gasteiger partial charge in [0.25, 0.3) is 0 Å². The molecule has 0 saturated heterocycles. The predicted molar refractivity (Wildman–Crippen MR) is 154 cm³/mol. The Morgan fingerprint density at radius 3 is 0.893 bits per heavy atom. The molecule has 0 aliphatic rings. The van der Waals surface area contributed by atoms with Crippen LogP contribution in [0.3, 0.4) is 0 Å². The first kappa shape index (κ1) is 26.8. The van der Waals surface area contributed by atoms with Crippen LogP contribution in [0.4, 0.5) is 0 Å². The Morgan fingerprint density at radius 1 is 0.393 bits per heavy atom. The van der Waals surface area contributed by atoms with Crippen molar-refractivity contribution >= 4 is 55.9 Å². The SMILES string of the molecule is C[Si](C)(C)[Si](c1ccccc1)([Si](C)(C)C)[Si]([Si](C)(C)C)([Si](C)(C)C)[Si](C)(C)C. The summed E-state index contributed by atoms with van der Waals surface area (Å²) in [4.78, 5) is 0. The monoisotopic (exact) mass is 498 g/mol. The fraction of sp³-hybridized carbons (Fsp3) is 0.714. The van der Waals surface area contributed by atoms with Gasteiger partial charge in [0.2, 0.25) is 0 Å². The lowest BCUT2D eigenvalue weighted by molar-refractivity contribution is 1.70. The summed E-state index contributed by atoms with van der Waals surface area (Å²) in [5.74, 6) is 0. The van der Waals surface area contributed by atoms with E-state index in [1.807, 2.05) is 5.19 Å². The van der Waals surface area contributed by atoms with Crippen molar-refractivity contribution in [1.29, 1.82) is 0 Å². The zero-order valence-electron chi connectivity index (χ0n) is 21.9. The van der Waals surface area contributed by atoms with Crippen LogP contribution in [0.5, 0.6) is 0 Å². The van der Waals surface area contributed by atoms with E-state index in [4.69, 9.17) is 0 Å². The van der Waals surface area contributed by atoms with Gasteiger partial charge in [0.05, 0.1) is 6.63 Å². The van der Waals surface area contributed by atoms with Crippen molar-refractivity contribution in [3.63, 3.8) is 0 Å². The summed E-state index contributed by atoms with van der Waals surface area (Å²) in [5.41, 5.74) is 0. The molecule has 0 bridgehead atoms. The maximum Gasteiger partial charge on any atom is 0.0624 e. The summed E-state index contributed by atoms with van der Waals surface area (Å²) in [7, 11) is -6.88. The van der Waals surface area contributed by atoms with Crippen LogP contribution in [0.1, 0.15) is 0 Å². The van der Waals surface area contributed by atoms with Gasteiger partial charge in [-0.3, -0.25) is 0 Å². The molecule has 0 saturated carbocycles. The Morgan fingerprint density at radius 2 is 0.679 bits per heavy atom. The van der Waals surface area contributed by atoms with E-state index in [9.17, 15) is 0 Å². The molecule has 0 aliphatic heterocycles. The largest absolute Gasteiger partial charge is 0.0720 e. The van der Waals surface area contributed by atoms with E-state index >= 15 is 0 Å². The highest BCUT2D eigenvalue weighted by Crippen LogP contribution is 2.49. The summed E-state index contributed by atoms with van der Waals surface area (Å²) < 4.78 is 0. The smallest absolute Gasteiger partial charge is 0.0624 e. The normalized spacial score (nSPS) is 15.7. The fourth-order valence-corrected chi connectivity index (χ4v) is 335. The molecule has 0 atom stereocenters. The van der Waals surface area contributed by atoms with Crippen molar-refractivity contribution in [3.05, 3.63) is 30.3 Å². The first-order valence-electron chi connectivity index (χ1n) is 11.2. The Kier molecular flexibility index (Phi) is 7.37. The molecule has 7 heteroatoms. The van der Waals surface area contributed by atoms with E-state index in [1.54, 1.807) is 0 Å². The van der Waals surface area contributed by atoms with Gasteiger partial charge in [0.15, 0.2) is 0 Å². The predicted octanol–water partition coefficient (Wildman–Crippen LogP) is 6.95. The molecule has 1 aromatic rings. The molecule has 0 N–H and O–H groups in total. The molecular weight excluding hydrogens is 449 g/mol. The first-order valence-corrected chi connectivity index (χ1v) is 38.7. The maximum atomic E-state index is 2.83. The Bertz CT molecular complexity index is 612. The third-order valence-corrected chi connectivity index (χ3v) is 179. The minimum absolute atomic E-state index is 1.35. The zero-order valence-corrected chi connectivity index (χ0v) is 28.9. The average Bonchev–Trinajstić information content (AvgIpc) is 2.37. The number of hydrogen-bond acceptors (Lipinski definition) is 0. The van der Waals surface area contributed by atoms with Gasteiger partial charge in [0, 0.05) is 44.1 Å². The molecule has 0 aromatic heterocycles. The number of hydrogen-bond donors (Lipinski definition) is 0. The standard InChI is InChI=1S/C21H50Si7/c1-22(2,3)27(23(4,5)6,21-19-17-16-18-20-21)28(24(7,8)9,25(10,11)12)26(13,14)15/h16-20H,1-15H3. The van der Waals surface area contributed by atoms with Gasteiger partial charge < -0.3 is 0 Å². The lowest BCUT2D eigenvalue weighted by Gasteiger charge is -2.72. The van der Waals surface area contributed by atoms with Gasteiger partial charge in [-0.15, -0.1) is 0 Å². The molecule has 0 spiro atoms. The summed E-state index contributed by atoms with van der Waals surface area (Å²) >= 11 is 0. The van der Waals surface area contributed by atoms with E-state index in [0.29, 0.717) is 0 Å². The van der Waals surface area contributed by atoms with Gasteiger partial charge in [-0.25, -0.2) is 0 Å². The van der Waals surface area contributed by atoms with Crippen LogP contribution in [-0.4, -0.2) is 50.7 Å². The van der Waals surface area contributed by atoms with Gasteiger partial charge in [-0.2, -0.15) is 0 Å². The topological polar surface area (TPSA) is 0 Å². The molecule has 0 radical (unpaired) electrons. The summed E-state index contributed by atoms with van der Waals surface area (Å²) in [5, 5.41) is 1.91. The molecule has 0 heterocycles. The minimum Gasteiger partial charge on any atom is -0.0720 e. The van der Waals surface area contributed by atoms with E-state index in [-0.39, 0.29) is 0 Å². The second kappa shape index (κ2) is 7.70. The number of benzene rings is 1. The molecule has 1 rings (SSSR count). The van der Waals surface area contributed by atoms with Gasteiger partial charge in [-0.1, -0.05) is 134 Å². The molecule has 0 aliphatic carbocycles. The van der Waals surface area contributed by atoms with Gasteiger partial charge in [-0.05, 0) is 0 Å². The van der Waals surface area contributed by atoms with Gasteiger partial charge >= 0.3 is 0 Å². The second-order valence-electron chi connectivity index (χ2n) is 14.1. The fourth-order valence-electron chi connectivity index (χ4n) is 9.08. The average molecular weight is 499 g/mol. The van der Waals surface area contributed by atoms with Crippen LogP contribution in [0.15, 0.2) is 30.3 Å². The lowest BCUT2D eigenvalue weighted by Crippen LogP contribution is -3.05. The molecule has 0 amide bonds. The van der Waals surface area contributed by atoms with Crippen LogP contribution >= 0.6 is 0 Å². The first-order chi connectivity index (χ1) is 12.1. The second-order valence-corrected chi connectivity index (χ2v) is 91.9. The Balaban J connectivity index is 4.55. The number of rotatable bonds is 7. The van der Waals surface area contributed by atoms with Crippen molar-refractivity contribution in [2.75, 3.05) is 0 Å². The lowest BCUT2D eigenvalue weighted by atomic mass is 10.4. The van der Waals surface area contributed by atoms with Crippen molar-refractivity contribution in [1.82, 2.24) is 0 Å². The van der Waals surface area contributed by atoms with Crippen molar-refractivity contribution in [3.8, 4) is 0 Å². The maximum absolute atomic E-state index is 2.83. The van der Waals surface area contributed by atoms with Crippen LogP contribution in [0.25, 0.3) is 0 Å². The summed E-state index contributed by atoms with van der Waals surface area (Å²) in [6.07, 6.45) is -1.51. The molecule has 0 unspecified atom stereocenters. The highest BCUT2D eigenvalue weighted by atomic mass is 30.3. The van der Waals surface area contributed by atoms with Crippen molar-refractivity contribution in [2.24, 2.45) is 0 Å². The van der Waals surface area contributed by atoms with Crippen molar-refractivity contribution in [2.45, 2.75) is 98.2 Å².